The number of fused-ring (bicyclic) bond motifs is 1. The molecule has 0 unspecified atom stereocenters. The Kier molecular flexibility index (Phi) is 4.90. The number of sulfonamides is 1. The highest BCUT2D eigenvalue weighted by molar-refractivity contribution is 9.10. The summed E-state index contributed by atoms with van der Waals surface area (Å²) in [5.41, 5.74) is 1.36. The highest BCUT2D eigenvalue weighted by Gasteiger charge is 2.29. The number of carboxylic acids is 1. The Hall–Kier alpha value is -2.36. The van der Waals surface area contributed by atoms with Gasteiger partial charge in [0.2, 0.25) is 15.8 Å². The van der Waals surface area contributed by atoms with Crippen molar-refractivity contribution in [3.63, 3.8) is 0 Å². The van der Waals surface area contributed by atoms with Gasteiger partial charge >= 0.3 is 5.97 Å². The first kappa shape index (κ1) is 19.0. The topological polar surface area (TPSA) is 91.1 Å². The molecule has 0 saturated carbocycles. The van der Waals surface area contributed by atoms with Crippen LogP contribution in [0.3, 0.4) is 0 Å². The molecule has 2 heterocycles. The van der Waals surface area contributed by atoms with Crippen molar-refractivity contribution in [1.29, 1.82) is 0 Å². The van der Waals surface area contributed by atoms with E-state index in [4.69, 9.17) is 9.52 Å². The van der Waals surface area contributed by atoms with Gasteiger partial charge in [0.15, 0.2) is 0 Å². The highest BCUT2D eigenvalue weighted by Crippen LogP contribution is 2.36. The maximum Gasteiger partial charge on any atom is 0.371 e. The first-order valence-electron chi connectivity index (χ1n) is 8.63. The quantitative estimate of drug-likeness (QED) is 0.635. The molecule has 1 N–H and O–H groups in total. The number of hydrogen-bond donors (Lipinski definition) is 1. The van der Waals surface area contributed by atoms with E-state index in [1.807, 2.05) is 6.07 Å². The lowest BCUT2D eigenvalue weighted by atomic mass is 10.2. The molecule has 0 aliphatic carbocycles. The number of halogens is 1. The zero-order chi connectivity index (χ0) is 19.9. The number of furan rings is 1. The van der Waals surface area contributed by atoms with E-state index in [1.54, 1.807) is 36.4 Å². The van der Waals surface area contributed by atoms with E-state index in [0.29, 0.717) is 42.0 Å². The van der Waals surface area contributed by atoms with Crippen LogP contribution in [0.5, 0.6) is 0 Å². The monoisotopic (exact) mass is 464 g/mol. The first-order valence-corrected chi connectivity index (χ1v) is 10.9. The molecule has 146 valence electrons. The van der Waals surface area contributed by atoms with Crippen LogP contribution in [0.25, 0.3) is 11.0 Å². The van der Waals surface area contributed by atoms with Gasteiger partial charge in [-0.3, -0.25) is 0 Å². The number of carbonyl (C=O) groups is 1. The van der Waals surface area contributed by atoms with E-state index in [2.05, 4.69) is 20.8 Å². The number of piperazine rings is 1. The van der Waals surface area contributed by atoms with Crippen LogP contribution in [0.2, 0.25) is 0 Å². The van der Waals surface area contributed by atoms with Crippen LogP contribution in [0.1, 0.15) is 10.6 Å². The molecule has 1 aliphatic rings. The van der Waals surface area contributed by atoms with Crippen molar-refractivity contribution in [3.8, 4) is 0 Å². The largest absolute Gasteiger partial charge is 0.475 e. The zero-order valence-electron chi connectivity index (χ0n) is 14.7. The number of benzene rings is 2. The van der Waals surface area contributed by atoms with E-state index >= 15 is 0 Å². The fourth-order valence-corrected chi connectivity index (χ4v) is 5.46. The van der Waals surface area contributed by atoms with Gasteiger partial charge in [-0.2, -0.15) is 4.31 Å². The normalized spacial score (nSPS) is 15.8. The number of nitrogens with zero attached hydrogens (tertiary/aromatic N) is 2. The summed E-state index contributed by atoms with van der Waals surface area (Å²) in [4.78, 5) is 13.5. The van der Waals surface area contributed by atoms with Gasteiger partial charge in [-0.25, -0.2) is 13.2 Å². The predicted molar refractivity (Wildman–Crippen MR) is 108 cm³/mol. The SMILES string of the molecule is O=C(O)c1cc2c(Br)c(N3CCN(S(=O)(=O)c4ccccc4)CC3)ccc2o1. The molecule has 1 saturated heterocycles. The molecule has 0 amide bonds. The smallest absolute Gasteiger partial charge is 0.371 e. The second-order valence-corrected chi connectivity index (χ2v) is 9.16. The van der Waals surface area contributed by atoms with Crippen LogP contribution in [0, 0.1) is 0 Å². The summed E-state index contributed by atoms with van der Waals surface area (Å²) in [6.07, 6.45) is 0. The summed E-state index contributed by atoms with van der Waals surface area (Å²) in [7, 11) is -3.50. The molecule has 1 aromatic heterocycles. The van der Waals surface area contributed by atoms with Gasteiger partial charge in [0, 0.05) is 37.6 Å². The van der Waals surface area contributed by atoms with Gasteiger partial charge in [0.1, 0.15) is 5.58 Å². The summed E-state index contributed by atoms with van der Waals surface area (Å²) in [6.45, 7) is 1.79. The lowest BCUT2D eigenvalue weighted by molar-refractivity contribution is 0.0665. The van der Waals surface area contributed by atoms with E-state index < -0.39 is 16.0 Å². The second kappa shape index (κ2) is 7.23. The van der Waals surface area contributed by atoms with Crippen LogP contribution in [0.4, 0.5) is 5.69 Å². The molecule has 7 nitrogen and oxygen atoms in total. The van der Waals surface area contributed by atoms with Crippen LogP contribution in [0.15, 0.2) is 62.3 Å². The average molecular weight is 465 g/mol. The molecule has 9 heteroatoms. The number of aromatic carboxylic acids is 1. The fourth-order valence-electron chi connectivity index (χ4n) is 3.33. The average Bonchev–Trinajstić information content (AvgIpc) is 3.15. The maximum absolute atomic E-state index is 12.8. The van der Waals surface area contributed by atoms with Crippen LogP contribution in [-0.4, -0.2) is 50.0 Å². The summed E-state index contributed by atoms with van der Waals surface area (Å²) in [5.74, 6) is -1.24. The Labute approximate surface area is 170 Å². The van der Waals surface area contributed by atoms with Crippen molar-refractivity contribution in [2.24, 2.45) is 0 Å². The molecule has 0 radical (unpaired) electrons. The zero-order valence-corrected chi connectivity index (χ0v) is 17.1. The standard InChI is InChI=1S/C19H17BrN2O5S/c20-18-14-12-17(19(23)24)27-16(14)7-6-15(18)21-8-10-22(11-9-21)28(25,26)13-4-2-1-3-5-13/h1-7,12H,8-11H2,(H,23,24). The van der Waals surface area contributed by atoms with Crippen molar-refractivity contribution in [2.45, 2.75) is 4.90 Å². The van der Waals surface area contributed by atoms with Gasteiger partial charge in [0.25, 0.3) is 0 Å². The van der Waals surface area contributed by atoms with Crippen molar-refractivity contribution < 1.29 is 22.7 Å². The third-order valence-corrected chi connectivity index (χ3v) is 7.53. The molecule has 0 atom stereocenters. The van der Waals surface area contributed by atoms with Gasteiger partial charge in [-0.1, -0.05) is 18.2 Å². The minimum atomic E-state index is -3.50. The van der Waals surface area contributed by atoms with E-state index in [1.165, 1.54) is 10.4 Å². The Morgan fingerprint density at radius 2 is 1.71 bits per heavy atom. The molecule has 2 aromatic carbocycles. The molecule has 4 rings (SSSR count). The molecular weight excluding hydrogens is 448 g/mol. The van der Waals surface area contributed by atoms with Crippen LogP contribution >= 0.6 is 15.9 Å². The third kappa shape index (κ3) is 3.30. The fraction of sp³-hybridized carbons (Fsp3) is 0.211. The van der Waals surface area contributed by atoms with Crippen molar-refractivity contribution in [1.82, 2.24) is 4.31 Å². The van der Waals surface area contributed by atoms with E-state index in [0.717, 1.165) is 10.2 Å². The molecule has 1 aliphatic heterocycles. The lowest BCUT2D eigenvalue weighted by Gasteiger charge is -2.35. The van der Waals surface area contributed by atoms with Gasteiger partial charge in [-0.05, 0) is 40.2 Å². The molecule has 28 heavy (non-hydrogen) atoms. The Balaban J connectivity index is 1.55. The number of hydrogen-bond acceptors (Lipinski definition) is 5. The van der Waals surface area contributed by atoms with Gasteiger partial charge in [-0.15, -0.1) is 0 Å². The Morgan fingerprint density at radius 1 is 1.04 bits per heavy atom. The Bertz CT molecular complexity index is 1140. The highest BCUT2D eigenvalue weighted by atomic mass is 79.9. The predicted octanol–water partition coefficient (Wildman–Crippen LogP) is 3.40. The van der Waals surface area contributed by atoms with Crippen LogP contribution < -0.4 is 4.90 Å². The molecular formula is C19H17BrN2O5S. The summed E-state index contributed by atoms with van der Waals surface area (Å²) < 4.78 is 33.1. The van der Waals surface area contributed by atoms with E-state index in [-0.39, 0.29) is 5.76 Å². The molecule has 0 bridgehead atoms. The third-order valence-electron chi connectivity index (χ3n) is 4.79. The number of anilines is 1. The Morgan fingerprint density at radius 3 is 2.36 bits per heavy atom. The van der Waals surface area contributed by atoms with Crippen molar-refractivity contribution >= 4 is 48.6 Å². The maximum atomic E-state index is 12.8. The van der Waals surface area contributed by atoms with Gasteiger partial charge < -0.3 is 14.4 Å². The van der Waals surface area contributed by atoms with Crippen molar-refractivity contribution in [2.75, 3.05) is 31.1 Å². The minimum Gasteiger partial charge on any atom is -0.475 e. The first-order chi connectivity index (χ1) is 13.4. The van der Waals surface area contributed by atoms with Gasteiger partial charge in [0.05, 0.1) is 15.1 Å². The summed E-state index contributed by atoms with van der Waals surface area (Å²) >= 11 is 3.54. The minimum absolute atomic E-state index is 0.119. The second-order valence-electron chi connectivity index (χ2n) is 6.43. The summed E-state index contributed by atoms with van der Waals surface area (Å²) in [5, 5.41) is 9.79. The van der Waals surface area contributed by atoms with E-state index in [9.17, 15) is 13.2 Å². The summed E-state index contributed by atoms with van der Waals surface area (Å²) in [6, 6.07) is 13.5. The number of carboxylic acid groups (broad SMARTS) is 1. The van der Waals surface area contributed by atoms with Crippen molar-refractivity contribution in [3.05, 3.63) is 58.8 Å². The van der Waals surface area contributed by atoms with Crippen LogP contribution in [-0.2, 0) is 10.0 Å². The lowest BCUT2D eigenvalue weighted by Crippen LogP contribution is -2.48. The number of rotatable bonds is 4. The molecule has 0 spiro atoms. The molecule has 3 aromatic rings. The molecule has 1 fully saturated rings.